The van der Waals surface area contributed by atoms with Crippen LogP contribution in [-0.2, 0) is 7.05 Å². The fraction of sp³-hybridized carbons (Fsp3) is 0.200. The first kappa shape index (κ1) is 17.2. The fourth-order valence-electron chi connectivity index (χ4n) is 2.58. The normalized spacial score (nSPS) is 11.8. The Hall–Kier alpha value is -2.66. The van der Waals surface area contributed by atoms with Gasteiger partial charge in [0.1, 0.15) is 11.4 Å². The van der Waals surface area contributed by atoms with Gasteiger partial charge in [0.05, 0.1) is 11.9 Å². The van der Waals surface area contributed by atoms with Crippen LogP contribution >= 0.6 is 0 Å². The summed E-state index contributed by atoms with van der Waals surface area (Å²) in [5.74, 6) is 0.830. The number of para-hydroxylation sites is 2. The summed E-state index contributed by atoms with van der Waals surface area (Å²) < 4.78 is 7.90. The zero-order valence-corrected chi connectivity index (χ0v) is 16.0. The average Bonchev–Trinajstić information content (AvgIpc) is 2.93. The minimum Gasteiger partial charge on any atom is -0.541 e. The Morgan fingerprint density at radius 1 is 1.04 bits per heavy atom. The zero-order valence-electron chi connectivity index (χ0n) is 15.0. The highest BCUT2D eigenvalue weighted by Crippen LogP contribution is 2.29. The van der Waals surface area contributed by atoms with Crippen LogP contribution in [0.4, 0.5) is 5.69 Å². The van der Waals surface area contributed by atoms with Gasteiger partial charge in [0.2, 0.25) is 0 Å². The molecule has 0 aliphatic carbocycles. The molecule has 0 spiro atoms. The van der Waals surface area contributed by atoms with Crippen LogP contribution in [0.15, 0.2) is 65.8 Å². The molecule has 3 rings (SSSR count). The minimum absolute atomic E-state index is 0.830. The molecule has 0 unspecified atom stereocenters. The van der Waals surface area contributed by atoms with Crippen LogP contribution < -0.4 is 4.43 Å². The lowest BCUT2D eigenvalue weighted by atomic mass is 10.0. The van der Waals surface area contributed by atoms with Crippen LogP contribution in [0.1, 0.15) is 16.8 Å². The van der Waals surface area contributed by atoms with Crippen LogP contribution in [0, 0.1) is 6.92 Å². The Bertz CT molecular complexity index is 885. The van der Waals surface area contributed by atoms with Crippen molar-refractivity contribution >= 4 is 20.4 Å². The van der Waals surface area contributed by atoms with Crippen LogP contribution in [-0.4, -0.2) is 24.5 Å². The van der Waals surface area contributed by atoms with Gasteiger partial charge in [-0.3, -0.25) is 4.68 Å². The summed E-state index contributed by atoms with van der Waals surface area (Å²) in [4.78, 5) is 4.98. The lowest BCUT2D eigenvalue weighted by molar-refractivity contribution is 0.582. The fourth-order valence-corrected chi connectivity index (χ4v) is 3.20. The van der Waals surface area contributed by atoms with Crippen molar-refractivity contribution in [2.45, 2.75) is 20.0 Å². The molecule has 25 heavy (non-hydrogen) atoms. The number of aliphatic imine (C=N–C) groups is 1. The van der Waals surface area contributed by atoms with Gasteiger partial charge in [0, 0.05) is 23.9 Å². The third kappa shape index (κ3) is 3.88. The van der Waals surface area contributed by atoms with Gasteiger partial charge < -0.3 is 4.43 Å². The third-order valence-corrected chi connectivity index (χ3v) is 4.58. The van der Waals surface area contributed by atoms with E-state index >= 15 is 0 Å². The average molecular weight is 349 g/mol. The molecule has 2 aromatic carbocycles. The monoisotopic (exact) mass is 348 g/mol. The predicted molar refractivity (Wildman–Crippen MR) is 104 cm³/mol. The Kier molecular flexibility index (Phi) is 5.14. The maximum atomic E-state index is 6.03. The maximum Gasteiger partial charge on any atom is 0.274 e. The quantitative estimate of drug-likeness (QED) is 0.502. The number of aromatic nitrogens is 2. The summed E-state index contributed by atoms with van der Waals surface area (Å²) >= 11 is 0. The van der Waals surface area contributed by atoms with Crippen LogP contribution in [0.25, 0.3) is 0 Å². The lowest BCUT2D eigenvalue weighted by Gasteiger charge is -2.13. The van der Waals surface area contributed by atoms with E-state index in [2.05, 4.69) is 37.2 Å². The second-order valence-corrected chi connectivity index (χ2v) is 8.09. The molecule has 1 radical (unpaired) electrons. The van der Waals surface area contributed by atoms with Gasteiger partial charge >= 0.3 is 0 Å². The molecule has 1 heterocycles. The first-order valence-electron chi connectivity index (χ1n) is 8.26. The number of hydrogen-bond donors (Lipinski definition) is 0. The molecule has 1 aromatic heterocycles. The van der Waals surface area contributed by atoms with Crippen molar-refractivity contribution in [1.29, 1.82) is 0 Å². The van der Waals surface area contributed by atoms with E-state index in [9.17, 15) is 0 Å². The minimum atomic E-state index is -0.862. The summed E-state index contributed by atoms with van der Waals surface area (Å²) in [5, 5.41) is 4.38. The van der Waals surface area contributed by atoms with Crippen LogP contribution in [0.5, 0.6) is 5.75 Å². The zero-order chi connectivity index (χ0) is 17.8. The molecule has 0 aliphatic heterocycles. The van der Waals surface area contributed by atoms with Crippen molar-refractivity contribution < 1.29 is 4.43 Å². The van der Waals surface area contributed by atoms with Crippen molar-refractivity contribution in [2.75, 3.05) is 0 Å². The van der Waals surface area contributed by atoms with E-state index in [0.29, 0.717) is 0 Å². The van der Waals surface area contributed by atoms with Crippen LogP contribution in [0.2, 0.25) is 13.1 Å². The molecular formula is C20H22N3OSi. The number of benzene rings is 2. The standard InChI is InChI=1S/C20H22N3OSi/c1-15-17(14-21-23(15)2)20(16-10-6-5-7-11-16)22-18-12-8-9-13-19(18)24-25(3)4/h5-14H,1-4H3. The number of nitrogens with zero attached hydrogens (tertiary/aromatic N) is 3. The first-order chi connectivity index (χ1) is 12.1. The Morgan fingerprint density at radius 3 is 2.36 bits per heavy atom. The van der Waals surface area contributed by atoms with E-state index in [4.69, 9.17) is 9.42 Å². The topological polar surface area (TPSA) is 39.4 Å². The number of rotatable bonds is 5. The van der Waals surface area contributed by atoms with Gasteiger partial charge in [-0.15, -0.1) is 0 Å². The third-order valence-electron chi connectivity index (χ3n) is 3.95. The van der Waals surface area contributed by atoms with Gasteiger partial charge in [-0.2, -0.15) is 5.10 Å². The summed E-state index contributed by atoms with van der Waals surface area (Å²) in [6, 6.07) is 18.2. The smallest absolute Gasteiger partial charge is 0.274 e. The molecule has 4 nitrogen and oxygen atoms in total. The van der Waals surface area contributed by atoms with Gasteiger partial charge in [0.25, 0.3) is 9.04 Å². The van der Waals surface area contributed by atoms with Gasteiger partial charge in [0.15, 0.2) is 0 Å². The van der Waals surface area contributed by atoms with Gasteiger partial charge in [-0.1, -0.05) is 42.5 Å². The second-order valence-electron chi connectivity index (χ2n) is 6.07. The summed E-state index contributed by atoms with van der Waals surface area (Å²) in [6.07, 6.45) is 1.87. The van der Waals surface area contributed by atoms with Crippen molar-refractivity contribution in [3.8, 4) is 5.75 Å². The molecular weight excluding hydrogens is 326 g/mol. The molecule has 3 aromatic rings. The largest absolute Gasteiger partial charge is 0.541 e. The van der Waals surface area contributed by atoms with Crippen molar-refractivity contribution in [3.05, 3.63) is 77.6 Å². The second kappa shape index (κ2) is 7.48. The highest BCUT2D eigenvalue weighted by atomic mass is 28.3. The molecule has 0 atom stereocenters. The first-order valence-corrected chi connectivity index (χ1v) is 10.7. The van der Waals surface area contributed by atoms with Crippen LogP contribution in [0.3, 0.4) is 0 Å². The molecule has 0 saturated heterocycles. The van der Waals surface area contributed by atoms with E-state index in [1.54, 1.807) is 0 Å². The summed E-state index contributed by atoms with van der Waals surface area (Å²) in [6.45, 7) is 6.30. The Morgan fingerprint density at radius 2 is 1.72 bits per heavy atom. The van der Waals surface area contributed by atoms with Gasteiger partial charge in [-0.25, -0.2) is 4.99 Å². The van der Waals surface area contributed by atoms with Gasteiger partial charge in [-0.05, 0) is 32.2 Å². The molecule has 0 aliphatic rings. The molecule has 0 saturated carbocycles. The highest BCUT2D eigenvalue weighted by Gasteiger charge is 2.15. The predicted octanol–water partition coefficient (Wildman–Crippen LogP) is 4.53. The van der Waals surface area contributed by atoms with Crippen molar-refractivity contribution in [2.24, 2.45) is 12.0 Å². The van der Waals surface area contributed by atoms with E-state index in [1.165, 1.54) is 0 Å². The number of aryl methyl sites for hydroxylation is 1. The Balaban J connectivity index is 2.16. The van der Waals surface area contributed by atoms with Crippen molar-refractivity contribution in [1.82, 2.24) is 9.78 Å². The number of hydrogen-bond acceptors (Lipinski definition) is 3. The van der Waals surface area contributed by atoms with Crippen molar-refractivity contribution in [3.63, 3.8) is 0 Å². The molecule has 0 N–H and O–H groups in total. The van der Waals surface area contributed by atoms with E-state index < -0.39 is 9.04 Å². The SMILES string of the molecule is Cc1c(C(=Nc2ccccc2O[Si](C)C)c2ccccc2)cnn1C. The van der Waals surface area contributed by atoms with E-state index in [1.807, 2.05) is 60.4 Å². The molecule has 5 heteroatoms. The molecule has 0 bridgehead atoms. The summed E-state index contributed by atoms with van der Waals surface area (Å²) in [5.41, 5.74) is 4.92. The molecule has 0 fully saturated rings. The van der Waals surface area contributed by atoms with E-state index in [0.717, 1.165) is 34.0 Å². The lowest BCUT2D eigenvalue weighted by Crippen LogP contribution is -2.11. The highest BCUT2D eigenvalue weighted by molar-refractivity contribution is 6.49. The maximum absolute atomic E-state index is 6.03. The summed E-state index contributed by atoms with van der Waals surface area (Å²) in [7, 11) is 1.08. The van der Waals surface area contributed by atoms with E-state index in [-0.39, 0.29) is 0 Å². The molecule has 0 amide bonds. The Labute approximate surface area is 150 Å². The molecule has 127 valence electrons.